The van der Waals surface area contributed by atoms with Crippen molar-refractivity contribution in [2.24, 2.45) is 0 Å². The number of aromatic carboxylic acids is 1. The number of anilines is 3. The summed E-state index contributed by atoms with van der Waals surface area (Å²) >= 11 is 0. The molecule has 3 N–H and O–H groups in total. The zero-order valence-electron chi connectivity index (χ0n) is 20.5. The summed E-state index contributed by atoms with van der Waals surface area (Å²) in [6.45, 7) is 3.41. The van der Waals surface area contributed by atoms with Crippen LogP contribution in [0.25, 0.3) is 10.8 Å². The molecular weight excluding hydrogens is 511 g/mol. The predicted octanol–water partition coefficient (Wildman–Crippen LogP) is 4.73. The van der Waals surface area contributed by atoms with E-state index in [-0.39, 0.29) is 41.3 Å². The van der Waals surface area contributed by atoms with Crippen molar-refractivity contribution in [3.63, 3.8) is 0 Å². The number of carboxylic acid groups (broad SMARTS) is 1. The number of carbonyl (C=O) groups excluding carboxylic acids is 1. The van der Waals surface area contributed by atoms with Gasteiger partial charge in [0.15, 0.2) is 5.69 Å². The molecule has 2 aromatic carbocycles. The van der Waals surface area contributed by atoms with Gasteiger partial charge in [-0.05, 0) is 67.6 Å². The third kappa shape index (κ3) is 5.41. The highest BCUT2D eigenvalue weighted by Gasteiger charge is 2.31. The molecule has 0 bridgehead atoms. The van der Waals surface area contributed by atoms with Gasteiger partial charge in [0.25, 0.3) is 5.91 Å². The largest absolute Gasteiger partial charge is 0.477 e. The minimum Gasteiger partial charge on any atom is -0.477 e. The molecule has 1 fully saturated rings. The molecule has 0 spiro atoms. The van der Waals surface area contributed by atoms with Crippen LogP contribution in [0.1, 0.15) is 39.3 Å². The molecule has 9 nitrogen and oxygen atoms in total. The van der Waals surface area contributed by atoms with E-state index in [0.29, 0.717) is 12.4 Å². The fraction of sp³-hybridized carbons (Fsp3) is 0.222. The number of aromatic nitrogens is 3. The summed E-state index contributed by atoms with van der Waals surface area (Å²) in [7, 11) is 0. The first kappa shape index (κ1) is 26.9. The lowest BCUT2D eigenvalue weighted by atomic mass is 10.0. The molecule has 38 heavy (non-hydrogen) atoms. The van der Waals surface area contributed by atoms with Crippen LogP contribution in [0.5, 0.6) is 0 Å². The van der Waals surface area contributed by atoms with Gasteiger partial charge in [0, 0.05) is 30.0 Å². The number of halogens is 2. The molecule has 0 aliphatic carbocycles. The average molecular weight is 537 g/mol. The molecule has 1 aliphatic rings. The lowest BCUT2D eigenvalue weighted by Crippen LogP contribution is -2.49. The van der Waals surface area contributed by atoms with Gasteiger partial charge in [0.1, 0.15) is 11.6 Å². The summed E-state index contributed by atoms with van der Waals surface area (Å²) in [5.41, 5.74) is 0.968. The highest BCUT2D eigenvalue weighted by Crippen LogP contribution is 2.32. The van der Waals surface area contributed by atoms with Gasteiger partial charge in [0.2, 0.25) is 5.95 Å². The maximum atomic E-state index is 15.4. The van der Waals surface area contributed by atoms with E-state index in [1.807, 2.05) is 31.2 Å². The monoisotopic (exact) mass is 536 g/mol. The van der Waals surface area contributed by atoms with Crippen LogP contribution in [-0.2, 0) is 0 Å². The summed E-state index contributed by atoms with van der Waals surface area (Å²) in [5, 5.41) is 17.1. The van der Waals surface area contributed by atoms with Crippen molar-refractivity contribution in [1.29, 1.82) is 0 Å². The van der Waals surface area contributed by atoms with Gasteiger partial charge in [-0.3, -0.25) is 9.69 Å². The number of nitrogens with zero attached hydrogens (tertiary/aromatic N) is 4. The highest BCUT2D eigenvalue weighted by molar-refractivity contribution is 6.11. The first-order valence-corrected chi connectivity index (χ1v) is 11.9. The SMILES string of the molecule is Cc1cccc2ccnc(N(C(=O)c3ccc(Nc4nccc(C(=O)O)n4)cc3F)[C@@H]3CCCNC3)c12.Cl. The Hall–Kier alpha value is -4.15. The molecule has 196 valence electrons. The summed E-state index contributed by atoms with van der Waals surface area (Å²) in [6.07, 6.45) is 4.62. The number of aryl methyl sites for hydroxylation is 1. The van der Waals surface area contributed by atoms with E-state index in [0.717, 1.165) is 35.7 Å². The Morgan fingerprint density at radius 3 is 2.68 bits per heavy atom. The molecule has 1 atom stereocenters. The van der Waals surface area contributed by atoms with E-state index in [9.17, 15) is 9.59 Å². The van der Waals surface area contributed by atoms with Gasteiger partial charge in [-0.25, -0.2) is 24.1 Å². The second-order valence-corrected chi connectivity index (χ2v) is 8.87. The minimum atomic E-state index is -1.20. The number of carbonyl (C=O) groups is 2. The Bertz CT molecular complexity index is 1490. The number of pyridine rings is 1. The number of nitrogens with one attached hydrogen (secondary N) is 2. The number of carboxylic acids is 1. The molecule has 1 saturated heterocycles. The van der Waals surface area contributed by atoms with Crippen LogP contribution >= 0.6 is 12.4 Å². The number of piperidine rings is 1. The van der Waals surface area contributed by atoms with E-state index in [1.54, 1.807) is 11.1 Å². The standard InChI is InChI=1S/C27H25FN6O3.ClH/c1-16-4-2-5-17-9-12-30-24(23(16)17)34(19-6-3-11-29-15-19)25(35)20-8-7-18(14-21(20)28)32-27-31-13-10-22(33-27)26(36)37;/h2,4-5,7-10,12-14,19,29H,3,6,11,15H2,1H3,(H,36,37)(H,31,32,33);1H/t19-;/m1./s1. The molecule has 0 saturated carbocycles. The third-order valence-corrected chi connectivity index (χ3v) is 6.39. The van der Waals surface area contributed by atoms with Crippen molar-refractivity contribution in [2.45, 2.75) is 25.8 Å². The van der Waals surface area contributed by atoms with E-state index in [1.165, 1.54) is 30.5 Å². The van der Waals surface area contributed by atoms with Crippen molar-refractivity contribution in [1.82, 2.24) is 20.3 Å². The van der Waals surface area contributed by atoms with Crippen LogP contribution in [-0.4, -0.2) is 51.1 Å². The van der Waals surface area contributed by atoms with Crippen LogP contribution in [0.15, 0.2) is 60.9 Å². The number of benzene rings is 2. The molecular formula is C27H26ClFN6O3. The second-order valence-electron chi connectivity index (χ2n) is 8.87. The number of hydrogen-bond acceptors (Lipinski definition) is 7. The summed E-state index contributed by atoms with van der Waals surface area (Å²) < 4.78 is 15.4. The molecule has 0 unspecified atom stereocenters. The van der Waals surface area contributed by atoms with Crippen LogP contribution in [0.3, 0.4) is 0 Å². The number of amides is 1. The van der Waals surface area contributed by atoms with Crippen LogP contribution in [0.4, 0.5) is 21.8 Å². The first-order chi connectivity index (χ1) is 17.9. The van der Waals surface area contributed by atoms with E-state index >= 15 is 4.39 Å². The van der Waals surface area contributed by atoms with Gasteiger partial charge in [-0.2, -0.15) is 0 Å². The van der Waals surface area contributed by atoms with Gasteiger partial charge in [0.05, 0.1) is 11.6 Å². The van der Waals surface area contributed by atoms with Gasteiger partial charge in [-0.15, -0.1) is 12.4 Å². The zero-order valence-corrected chi connectivity index (χ0v) is 21.3. The minimum absolute atomic E-state index is 0. The lowest BCUT2D eigenvalue weighted by Gasteiger charge is -2.35. The van der Waals surface area contributed by atoms with Crippen molar-refractivity contribution < 1.29 is 19.1 Å². The highest BCUT2D eigenvalue weighted by atomic mass is 35.5. The zero-order chi connectivity index (χ0) is 25.9. The van der Waals surface area contributed by atoms with Crippen molar-refractivity contribution >= 4 is 52.5 Å². The molecule has 11 heteroatoms. The summed E-state index contributed by atoms with van der Waals surface area (Å²) in [5.74, 6) is -1.90. The first-order valence-electron chi connectivity index (χ1n) is 11.9. The Labute approximate surface area is 224 Å². The molecule has 2 aromatic heterocycles. The molecule has 0 radical (unpaired) electrons. The number of fused-ring (bicyclic) bond motifs is 1. The Morgan fingerprint density at radius 2 is 1.95 bits per heavy atom. The lowest BCUT2D eigenvalue weighted by molar-refractivity contribution is 0.0690. The Kier molecular flexibility index (Phi) is 8.13. The van der Waals surface area contributed by atoms with Gasteiger partial charge >= 0.3 is 5.97 Å². The fourth-order valence-corrected chi connectivity index (χ4v) is 4.62. The molecule has 4 aromatic rings. The van der Waals surface area contributed by atoms with Crippen molar-refractivity contribution in [2.75, 3.05) is 23.3 Å². The Morgan fingerprint density at radius 1 is 1.13 bits per heavy atom. The van der Waals surface area contributed by atoms with E-state index in [4.69, 9.17) is 5.11 Å². The summed E-state index contributed by atoms with van der Waals surface area (Å²) in [4.78, 5) is 39.2. The van der Waals surface area contributed by atoms with Crippen molar-refractivity contribution in [3.8, 4) is 0 Å². The topological polar surface area (TPSA) is 120 Å². The maximum absolute atomic E-state index is 15.4. The fourth-order valence-electron chi connectivity index (χ4n) is 4.62. The normalized spacial score (nSPS) is 14.9. The predicted molar refractivity (Wildman–Crippen MR) is 145 cm³/mol. The molecule has 3 heterocycles. The smallest absolute Gasteiger partial charge is 0.354 e. The van der Waals surface area contributed by atoms with Gasteiger partial charge in [-0.1, -0.05) is 18.2 Å². The van der Waals surface area contributed by atoms with Crippen molar-refractivity contribution in [3.05, 3.63) is 83.6 Å². The van der Waals surface area contributed by atoms with Crippen LogP contribution in [0, 0.1) is 12.7 Å². The molecule has 5 rings (SSSR count). The van der Waals surface area contributed by atoms with E-state index < -0.39 is 17.7 Å². The average Bonchev–Trinajstić information content (AvgIpc) is 2.90. The maximum Gasteiger partial charge on any atom is 0.354 e. The summed E-state index contributed by atoms with van der Waals surface area (Å²) in [6, 6.07) is 13.0. The number of hydrogen-bond donors (Lipinski definition) is 3. The quantitative estimate of drug-likeness (QED) is 0.323. The third-order valence-electron chi connectivity index (χ3n) is 6.39. The Balaban J connectivity index is 0.00000336. The molecule has 1 amide bonds. The van der Waals surface area contributed by atoms with Crippen LogP contribution in [0.2, 0.25) is 0 Å². The number of rotatable bonds is 6. The molecule has 1 aliphatic heterocycles. The second kappa shape index (κ2) is 11.5. The van der Waals surface area contributed by atoms with E-state index in [2.05, 4.69) is 25.6 Å². The van der Waals surface area contributed by atoms with Crippen LogP contribution < -0.4 is 15.5 Å². The van der Waals surface area contributed by atoms with Gasteiger partial charge < -0.3 is 15.7 Å².